The molecule has 1 N–H and O–H groups in total. The molecule has 0 aliphatic heterocycles. The second kappa shape index (κ2) is 6.85. The molecule has 1 aromatic carbocycles. The Morgan fingerprint density at radius 1 is 0.850 bits per heavy atom. The topological polar surface area (TPSA) is 91.3 Å². The number of hydrogen-bond acceptors (Lipinski definition) is 7. The van der Waals surface area contributed by atoms with Crippen LogP contribution in [0.25, 0.3) is 0 Å². The third kappa shape index (κ3) is 3.31. The summed E-state index contributed by atoms with van der Waals surface area (Å²) in [6, 6.07) is 5.64. The van der Waals surface area contributed by atoms with E-state index < -0.39 is 20.6 Å². The molecule has 114 valence electrons. The van der Waals surface area contributed by atoms with E-state index in [-0.39, 0.29) is 5.75 Å². The summed E-state index contributed by atoms with van der Waals surface area (Å²) in [5.41, 5.74) is 0.349. The molecule has 20 heavy (non-hydrogen) atoms. The zero-order valence-electron chi connectivity index (χ0n) is 11.7. The van der Waals surface area contributed by atoms with Crippen molar-refractivity contribution in [3.8, 4) is 5.75 Å². The molecule has 0 aliphatic rings. The molecular weight excluding hydrogens is 306 g/mol. The van der Waals surface area contributed by atoms with Gasteiger partial charge in [0.25, 0.3) is 0 Å². The third-order valence-corrected chi connectivity index (χ3v) is 8.34. The average Bonchev–Trinajstić information content (AvgIpc) is 2.48. The minimum atomic E-state index is -3.78. The van der Waals surface area contributed by atoms with Crippen molar-refractivity contribution in [3.63, 3.8) is 0 Å². The minimum absolute atomic E-state index is 0.0156. The molecule has 1 aromatic rings. The van der Waals surface area contributed by atoms with Gasteiger partial charge in [0.05, 0.1) is 0 Å². The van der Waals surface area contributed by atoms with Crippen molar-refractivity contribution in [2.75, 3.05) is 28.4 Å². The molecular formula is C11H18O7P2. The number of phenols is 1. The van der Waals surface area contributed by atoms with Crippen LogP contribution in [0.4, 0.5) is 0 Å². The summed E-state index contributed by atoms with van der Waals surface area (Å²) >= 11 is 0. The van der Waals surface area contributed by atoms with Gasteiger partial charge in [-0.05, 0) is 17.7 Å². The van der Waals surface area contributed by atoms with Crippen molar-refractivity contribution in [1.82, 2.24) is 0 Å². The van der Waals surface area contributed by atoms with Crippen molar-refractivity contribution < 1.29 is 32.3 Å². The van der Waals surface area contributed by atoms with E-state index in [1.807, 2.05) is 0 Å². The molecule has 0 atom stereocenters. The van der Waals surface area contributed by atoms with Gasteiger partial charge in [-0.3, -0.25) is 9.13 Å². The molecule has 0 bridgehead atoms. The fraction of sp³-hybridized carbons (Fsp3) is 0.455. The summed E-state index contributed by atoms with van der Waals surface area (Å²) in [6.45, 7) is 0. The van der Waals surface area contributed by atoms with E-state index in [1.54, 1.807) is 0 Å². The number of hydrogen-bond donors (Lipinski definition) is 1. The van der Waals surface area contributed by atoms with E-state index in [1.165, 1.54) is 52.7 Å². The smallest absolute Gasteiger partial charge is 0.349 e. The summed E-state index contributed by atoms with van der Waals surface area (Å²) in [6.07, 6.45) is 0. The molecule has 9 heteroatoms. The molecule has 0 amide bonds. The van der Waals surface area contributed by atoms with Crippen LogP contribution >= 0.6 is 15.2 Å². The van der Waals surface area contributed by atoms with Crippen molar-refractivity contribution in [2.24, 2.45) is 0 Å². The van der Waals surface area contributed by atoms with Crippen molar-refractivity contribution >= 4 is 15.2 Å². The number of phenolic OH excluding ortho intramolecular Hbond substituents is 1. The molecule has 0 saturated heterocycles. The van der Waals surface area contributed by atoms with Gasteiger partial charge in [-0.15, -0.1) is 0 Å². The van der Waals surface area contributed by atoms with Crippen LogP contribution in [0.5, 0.6) is 5.75 Å². The van der Waals surface area contributed by atoms with Crippen LogP contribution in [0.1, 0.15) is 11.0 Å². The monoisotopic (exact) mass is 324 g/mol. The average molecular weight is 324 g/mol. The van der Waals surface area contributed by atoms with Crippen LogP contribution in [-0.2, 0) is 27.2 Å². The van der Waals surface area contributed by atoms with Crippen molar-refractivity contribution in [1.29, 1.82) is 0 Å². The zero-order chi connectivity index (χ0) is 15.4. The Morgan fingerprint density at radius 3 is 1.50 bits per heavy atom. The first-order valence-electron chi connectivity index (χ1n) is 5.58. The Morgan fingerprint density at radius 2 is 1.20 bits per heavy atom. The zero-order valence-corrected chi connectivity index (χ0v) is 13.5. The van der Waals surface area contributed by atoms with Crippen LogP contribution in [-0.4, -0.2) is 33.5 Å². The summed E-state index contributed by atoms with van der Waals surface area (Å²) < 4.78 is 45.0. The molecule has 0 saturated carbocycles. The number of rotatable bonds is 7. The van der Waals surface area contributed by atoms with E-state index in [2.05, 4.69) is 0 Å². The van der Waals surface area contributed by atoms with Gasteiger partial charge >= 0.3 is 15.2 Å². The molecule has 0 fully saturated rings. The van der Waals surface area contributed by atoms with Gasteiger partial charge in [-0.1, -0.05) is 12.1 Å². The maximum atomic E-state index is 12.7. The second-order valence-electron chi connectivity index (χ2n) is 3.78. The summed E-state index contributed by atoms with van der Waals surface area (Å²) in [4.78, 5) is 0. The second-order valence-corrected chi connectivity index (χ2v) is 8.84. The highest BCUT2D eigenvalue weighted by molar-refractivity contribution is 7.72. The molecule has 0 aromatic heterocycles. The normalized spacial score (nSPS) is 12.8. The predicted octanol–water partition coefficient (Wildman–Crippen LogP) is 3.36. The van der Waals surface area contributed by atoms with Crippen LogP contribution in [0.15, 0.2) is 24.3 Å². The van der Waals surface area contributed by atoms with Gasteiger partial charge in [-0.25, -0.2) is 0 Å². The fourth-order valence-electron chi connectivity index (χ4n) is 1.73. The maximum Gasteiger partial charge on any atom is 0.349 e. The summed E-state index contributed by atoms with van der Waals surface area (Å²) in [5.74, 6) is 0.0156. The van der Waals surface area contributed by atoms with E-state index >= 15 is 0 Å². The van der Waals surface area contributed by atoms with Crippen LogP contribution in [0.2, 0.25) is 0 Å². The molecule has 0 radical (unpaired) electrons. The Hall–Kier alpha value is -0.680. The van der Waals surface area contributed by atoms with Crippen LogP contribution in [0.3, 0.4) is 0 Å². The quantitative estimate of drug-likeness (QED) is 0.769. The Labute approximate surface area is 117 Å². The van der Waals surface area contributed by atoms with Gasteiger partial charge in [0.1, 0.15) is 5.75 Å². The van der Waals surface area contributed by atoms with Gasteiger partial charge in [0.2, 0.25) is 0 Å². The van der Waals surface area contributed by atoms with E-state index in [0.717, 1.165) is 0 Å². The number of aromatic hydroxyl groups is 1. The molecule has 7 nitrogen and oxygen atoms in total. The van der Waals surface area contributed by atoms with E-state index in [0.29, 0.717) is 5.56 Å². The molecule has 0 heterocycles. The SMILES string of the molecule is COP(=O)(OC)C(c1ccc(O)cc1)P(=O)(OC)OC. The first-order chi connectivity index (χ1) is 9.36. The highest BCUT2D eigenvalue weighted by Crippen LogP contribution is 2.77. The highest BCUT2D eigenvalue weighted by Gasteiger charge is 2.50. The Balaban J connectivity index is 3.46. The van der Waals surface area contributed by atoms with Crippen molar-refractivity contribution in [3.05, 3.63) is 29.8 Å². The lowest BCUT2D eigenvalue weighted by molar-refractivity contribution is 0.247. The lowest BCUT2D eigenvalue weighted by atomic mass is 10.2. The van der Waals surface area contributed by atoms with E-state index in [9.17, 15) is 14.2 Å². The van der Waals surface area contributed by atoms with Gasteiger partial charge < -0.3 is 23.2 Å². The third-order valence-electron chi connectivity index (χ3n) is 2.81. The molecule has 0 spiro atoms. The summed E-state index contributed by atoms with van der Waals surface area (Å²) in [5, 5.41) is 8.06. The Bertz CT molecular complexity index is 486. The molecule has 0 unspecified atom stereocenters. The Kier molecular flexibility index (Phi) is 5.95. The maximum absolute atomic E-state index is 12.7. The largest absolute Gasteiger partial charge is 0.508 e. The molecule has 0 aliphatic carbocycles. The van der Waals surface area contributed by atoms with Gasteiger partial charge in [-0.2, -0.15) is 0 Å². The standard InChI is InChI=1S/C11H18O7P2/c1-15-19(13,16-2)11(20(14,17-3)18-4)9-5-7-10(12)8-6-9/h5-8,11-12H,1-4H3. The van der Waals surface area contributed by atoms with Gasteiger partial charge in [0, 0.05) is 28.4 Å². The van der Waals surface area contributed by atoms with Crippen molar-refractivity contribution in [2.45, 2.75) is 5.40 Å². The fourth-order valence-corrected chi connectivity index (χ4v) is 6.42. The molecule has 1 rings (SSSR count). The van der Waals surface area contributed by atoms with Gasteiger partial charge in [0.15, 0.2) is 5.40 Å². The first-order valence-corrected chi connectivity index (χ1v) is 8.80. The van der Waals surface area contributed by atoms with Crippen LogP contribution < -0.4 is 0 Å². The lowest BCUT2D eigenvalue weighted by Crippen LogP contribution is -2.07. The lowest BCUT2D eigenvalue weighted by Gasteiger charge is -2.29. The predicted molar refractivity (Wildman–Crippen MR) is 74.1 cm³/mol. The highest BCUT2D eigenvalue weighted by atomic mass is 31.2. The first kappa shape index (κ1) is 17.4. The minimum Gasteiger partial charge on any atom is -0.508 e. The van der Waals surface area contributed by atoms with E-state index in [4.69, 9.17) is 18.1 Å². The summed E-state index contributed by atoms with van der Waals surface area (Å²) in [7, 11) is -2.80. The van der Waals surface area contributed by atoms with Crippen LogP contribution in [0, 0.1) is 0 Å². The number of benzene rings is 1.